The van der Waals surface area contributed by atoms with E-state index in [1.807, 2.05) is 36.4 Å². The normalized spacial score (nSPS) is 10.6. The lowest BCUT2D eigenvalue weighted by Crippen LogP contribution is -2.46. The van der Waals surface area contributed by atoms with E-state index >= 15 is 0 Å². The van der Waals surface area contributed by atoms with Gasteiger partial charge >= 0.3 is 0 Å². The van der Waals surface area contributed by atoms with Crippen molar-refractivity contribution in [2.45, 2.75) is 10.9 Å². The third-order valence-corrected chi connectivity index (χ3v) is 5.82. The van der Waals surface area contributed by atoms with Gasteiger partial charge < -0.3 is 10.3 Å². The van der Waals surface area contributed by atoms with Crippen molar-refractivity contribution in [3.8, 4) is 0 Å². The standard InChI is InChI=1S/C23H19ClN6O3S/c24-16-9-10-25-19(11-16)22(33)26-12-20(31)29-30-21(32)15-7-5-14(6-8-15)13-34-23-27-17-3-1-2-4-18(17)28-23/h1-11H,12-13H2,(H,26,33)(H,27,28)(H,29,31)(H,30,32). The van der Waals surface area contributed by atoms with Crippen LogP contribution in [0.3, 0.4) is 0 Å². The number of aromatic amines is 1. The predicted molar refractivity (Wildman–Crippen MR) is 129 cm³/mol. The molecule has 0 saturated carbocycles. The molecule has 4 rings (SSSR count). The molecule has 0 aliphatic heterocycles. The lowest BCUT2D eigenvalue weighted by Gasteiger charge is -2.09. The second-order valence-corrected chi connectivity index (χ2v) is 8.49. The second kappa shape index (κ2) is 10.8. The lowest BCUT2D eigenvalue weighted by molar-refractivity contribution is -0.120. The van der Waals surface area contributed by atoms with Crippen LogP contribution in [0.2, 0.25) is 5.02 Å². The molecule has 0 fully saturated rings. The number of carbonyl (C=O) groups is 3. The van der Waals surface area contributed by atoms with Crippen LogP contribution in [0.4, 0.5) is 0 Å². The minimum atomic E-state index is -0.595. The first kappa shape index (κ1) is 23.3. The number of rotatable bonds is 7. The number of halogens is 1. The van der Waals surface area contributed by atoms with Gasteiger partial charge in [-0.25, -0.2) is 4.98 Å². The highest BCUT2D eigenvalue weighted by molar-refractivity contribution is 7.98. The zero-order valence-corrected chi connectivity index (χ0v) is 19.2. The van der Waals surface area contributed by atoms with E-state index in [0.29, 0.717) is 16.3 Å². The highest BCUT2D eigenvalue weighted by Crippen LogP contribution is 2.23. The molecular weight excluding hydrogens is 476 g/mol. The first-order valence-electron chi connectivity index (χ1n) is 10.1. The van der Waals surface area contributed by atoms with Crippen molar-refractivity contribution in [2.24, 2.45) is 0 Å². The van der Waals surface area contributed by atoms with Crippen LogP contribution in [0.1, 0.15) is 26.4 Å². The molecule has 0 spiro atoms. The molecule has 0 aliphatic rings. The third kappa shape index (κ3) is 6.12. The monoisotopic (exact) mass is 494 g/mol. The van der Waals surface area contributed by atoms with E-state index in [9.17, 15) is 14.4 Å². The van der Waals surface area contributed by atoms with Gasteiger partial charge in [-0.05, 0) is 42.0 Å². The quantitative estimate of drug-likeness (QED) is 0.231. The van der Waals surface area contributed by atoms with Gasteiger partial charge in [0, 0.05) is 22.5 Å². The molecule has 0 unspecified atom stereocenters. The molecule has 2 heterocycles. The molecule has 172 valence electrons. The molecule has 11 heteroatoms. The summed E-state index contributed by atoms with van der Waals surface area (Å²) < 4.78 is 0. The molecule has 0 aliphatic carbocycles. The zero-order chi connectivity index (χ0) is 23.9. The molecule has 3 amide bonds. The molecule has 9 nitrogen and oxygen atoms in total. The number of amides is 3. The summed E-state index contributed by atoms with van der Waals surface area (Å²) in [7, 11) is 0. The maximum atomic E-state index is 12.3. The molecule has 0 bridgehead atoms. The summed E-state index contributed by atoms with van der Waals surface area (Å²) in [5, 5.41) is 3.58. The van der Waals surface area contributed by atoms with Crippen LogP contribution in [-0.2, 0) is 10.5 Å². The molecule has 2 aromatic heterocycles. The van der Waals surface area contributed by atoms with Crippen LogP contribution in [0, 0.1) is 0 Å². The molecular formula is C23H19ClN6O3S. The maximum Gasteiger partial charge on any atom is 0.270 e. The fourth-order valence-corrected chi connectivity index (χ4v) is 3.93. The predicted octanol–water partition coefficient (Wildman–Crippen LogP) is 3.09. The smallest absolute Gasteiger partial charge is 0.270 e. The number of hydrogen-bond acceptors (Lipinski definition) is 6. The maximum absolute atomic E-state index is 12.3. The number of fused-ring (bicyclic) bond motifs is 1. The van der Waals surface area contributed by atoms with Gasteiger partial charge in [0.1, 0.15) is 5.69 Å². The van der Waals surface area contributed by atoms with Gasteiger partial charge in [-0.15, -0.1) is 0 Å². The van der Waals surface area contributed by atoms with Crippen molar-refractivity contribution in [3.05, 3.63) is 88.7 Å². The topological polar surface area (TPSA) is 129 Å². The van der Waals surface area contributed by atoms with Gasteiger partial charge in [0.25, 0.3) is 17.7 Å². The van der Waals surface area contributed by atoms with Gasteiger partial charge in [-0.2, -0.15) is 0 Å². The fourth-order valence-electron chi connectivity index (χ4n) is 2.92. The Balaban J connectivity index is 1.21. The Labute approximate surface area is 203 Å². The molecule has 4 aromatic rings. The van der Waals surface area contributed by atoms with Gasteiger partial charge in [0.05, 0.1) is 17.6 Å². The van der Waals surface area contributed by atoms with E-state index in [0.717, 1.165) is 21.8 Å². The van der Waals surface area contributed by atoms with Crippen molar-refractivity contribution in [1.82, 2.24) is 31.1 Å². The van der Waals surface area contributed by atoms with Gasteiger partial charge in [-0.1, -0.05) is 47.6 Å². The summed E-state index contributed by atoms with van der Waals surface area (Å²) in [5.74, 6) is -0.949. The number of H-pyrrole nitrogens is 1. The minimum Gasteiger partial charge on any atom is -0.342 e. The Morgan fingerprint density at radius 2 is 1.76 bits per heavy atom. The number of nitrogens with one attached hydrogen (secondary N) is 4. The Bertz CT molecular complexity index is 1310. The second-order valence-electron chi connectivity index (χ2n) is 7.09. The summed E-state index contributed by atoms with van der Waals surface area (Å²) in [6.45, 7) is -0.342. The van der Waals surface area contributed by atoms with E-state index in [4.69, 9.17) is 11.6 Å². The van der Waals surface area contributed by atoms with Crippen LogP contribution in [-0.4, -0.2) is 39.2 Å². The molecule has 4 N–H and O–H groups in total. The molecule has 34 heavy (non-hydrogen) atoms. The minimum absolute atomic E-state index is 0.0860. The summed E-state index contributed by atoms with van der Waals surface area (Å²) in [6.07, 6.45) is 1.39. The Morgan fingerprint density at radius 3 is 2.53 bits per heavy atom. The van der Waals surface area contributed by atoms with E-state index in [1.165, 1.54) is 18.3 Å². The Kier molecular flexibility index (Phi) is 7.41. The Hall–Kier alpha value is -3.89. The fraction of sp³-hybridized carbons (Fsp3) is 0.0870. The van der Waals surface area contributed by atoms with Crippen LogP contribution in [0.5, 0.6) is 0 Å². The van der Waals surface area contributed by atoms with E-state index in [1.54, 1.807) is 23.9 Å². The van der Waals surface area contributed by atoms with E-state index in [-0.39, 0.29) is 12.2 Å². The highest BCUT2D eigenvalue weighted by Gasteiger charge is 2.11. The van der Waals surface area contributed by atoms with Crippen molar-refractivity contribution < 1.29 is 14.4 Å². The number of hydrazine groups is 1. The number of thioether (sulfide) groups is 1. The number of pyridine rings is 1. The number of benzene rings is 2. The SMILES string of the molecule is O=C(CNC(=O)c1cc(Cl)ccn1)NNC(=O)c1ccc(CSc2nc3ccccc3[nH]2)cc1. The molecule has 0 atom stereocenters. The van der Waals surface area contributed by atoms with Gasteiger partial charge in [0.2, 0.25) is 0 Å². The number of nitrogens with zero attached hydrogens (tertiary/aromatic N) is 2. The number of para-hydroxylation sites is 2. The molecule has 0 saturated heterocycles. The van der Waals surface area contributed by atoms with Gasteiger partial charge in [-0.3, -0.25) is 30.2 Å². The van der Waals surface area contributed by atoms with Crippen LogP contribution in [0.15, 0.2) is 72.0 Å². The van der Waals surface area contributed by atoms with Crippen LogP contribution < -0.4 is 16.2 Å². The number of carbonyl (C=O) groups excluding carboxylic acids is 3. The zero-order valence-electron chi connectivity index (χ0n) is 17.7. The summed E-state index contributed by atoms with van der Waals surface area (Å²) in [4.78, 5) is 47.8. The molecule has 2 aromatic carbocycles. The molecule has 0 radical (unpaired) electrons. The van der Waals surface area contributed by atoms with Crippen molar-refractivity contribution in [3.63, 3.8) is 0 Å². The first-order valence-corrected chi connectivity index (χ1v) is 11.5. The van der Waals surface area contributed by atoms with Crippen molar-refractivity contribution >= 4 is 52.1 Å². The van der Waals surface area contributed by atoms with Crippen molar-refractivity contribution in [1.29, 1.82) is 0 Å². The van der Waals surface area contributed by atoms with Gasteiger partial charge in [0.15, 0.2) is 5.16 Å². The third-order valence-electron chi connectivity index (χ3n) is 4.64. The average molecular weight is 495 g/mol. The summed E-state index contributed by atoms with van der Waals surface area (Å²) in [5.41, 5.74) is 7.96. The summed E-state index contributed by atoms with van der Waals surface area (Å²) >= 11 is 7.38. The largest absolute Gasteiger partial charge is 0.342 e. The Morgan fingerprint density at radius 1 is 0.971 bits per heavy atom. The number of hydrogen-bond donors (Lipinski definition) is 4. The van der Waals surface area contributed by atoms with Crippen molar-refractivity contribution in [2.75, 3.05) is 6.54 Å². The lowest BCUT2D eigenvalue weighted by atomic mass is 10.1. The van der Waals surface area contributed by atoms with Crippen LogP contribution >= 0.6 is 23.4 Å². The highest BCUT2D eigenvalue weighted by atomic mass is 35.5. The van der Waals surface area contributed by atoms with E-state index < -0.39 is 17.7 Å². The summed E-state index contributed by atoms with van der Waals surface area (Å²) in [6, 6.07) is 17.8. The van der Waals surface area contributed by atoms with Crippen LogP contribution in [0.25, 0.3) is 11.0 Å². The average Bonchev–Trinajstić information content (AvgIpc) is 3.28. The number of imidazole rings is 1. The first-order chi connectivity index (χ1) is 16.5. The van der Waals surface area contributed by atoms with E-state index in [2.05, 4.69) is 31.1 Å². The number of aromatic nitrogens is 3.